The van der Waals surface area contributed by atoms with Crippen LogP contribution in [0.4, 0.5) is 0 Å². The van der Waals surface area contributed by atoms with Crippen molar-refractivity contribution in [2.75, 3.05) is 0 Å². The highest BCUT2D eigenvalue weighted by atomic mass is 16.3. The van der Waals surface area contributed by atoms with Crippen molar-refractivity contribution in [3.8, 4) is 0 Å². The number of aliphatic hydroxyl groups is 1. The molecule has 0 aliphatic carbocycles. The van der Waals surface area contributed by atoms with E-state index in [1.165, 1.54) is 0 Å². The predicted molar refractivity (Wildman–Crippen MR) is 64.9 cm³/mol. The first kappa shape index (κ1) is 11.9. The molecule has 1 unspecified atom stereocenters. The molecule has 0 bridgehead atoms. The van der Waals surface area contributed by atoms with Gasteiger partial charge in [0.25, 0.3) is 0 Å². The second-order valence-corrected chi connectivity index (χ2v) is 4.23. The van der Waals surface area contributed by atoms with Crippen LogP contribution in [0.15, 0.2) is 16.8 Å². The molecular weight excluding hydrogens is 216 g/mol. The summed E-state index contributed by atoms with van der Waals surface area (Å²) in [5.74, 6) is 2.28. The summed E-state index contributed by atoms with van der Waals surface area (Å²) in [7, 11) is 0. The lowest BCUT2D eigenvalue weighted by Gasteiger charge is -2.12. The average Bonchev–Trinajstić information content (AvgIpc) is 2.84. The van der Waals surface area contributed by atoms with Gasteiger partial charge in [-0.15, -0.1) is 0 Å². The van der Waals surface area contributed by atoms with Gasteiger partial charge in [-0.1, -0.05) is 0 Å². The molecule has 17 heavy (non-hydrogen) atoms. The summed E-state index contributed by atoms with van der Waals surface area (Å²) in [4.78, 5) is 4.23. The van der Waals surface area contributed by atoms with Crippen LogP contribution < -0.4 is 0 Å². The van der Waals surface area contributed by atoms with Crippen molar-refractivity contribution in [3.05, 3.63) is 40.9 Å². The molecule has 0 saturated heterocycles. The van der Waals surface area contributed by atoms with Crippen molar-refractivity contribution in [2.45, 2.75) is 40.3 Å². The topological polar surface area (TPSA) is 51.2 Å². The molecule has 2 heterocycles. The maximum absolute atomic E-state index is 10.4. The molecule has 2 aromatic rings. The van der Waals surface area contributed by atoms with E-state index >= 15 is 0 Å². The van der Waals surface area contributed by atoms with Crippen LogP contribution >= 0.6 is 0 Å². The predicted octanol–water partition coefficient (Wildman–Crippen LogP) is 2.50. The fourth-order valence-corrected chi connectivity index (χ4v) is 2.18. The maximum atomic E-state index is 10.4. The zero-order chi connectivity index (χ0) is 12.6. The highest BCUT2D eigenvalue weighted by Gasteiger charge is 2.23. The number of hydrogen-bond donors (Lipinski definition) is 1. The van der Waals surface area contributed by atoms with Gasteiger partial charge in [-0.2, -0.15) is 0 Å². The van der Waals surface area contributed by atoms with Gasteiger partial charge in [0, 0.05) is 24.5 Å². The molecule has 92 valence electrons. The molecule has 2 aromatic heterocycles. The van der Waals surface area contributed by atoms with E-state index in [4.69, 9.17) is 4.42 Å². The molecule has 0 amide bonds. The van der Waals surface area contributed by atoms with E-state index in [1.54, 1.807) is 6.20 Å². The molecule has 1 atom stereocenters. The zero-order valence-corrected chi connectivity index (χ0v) is 10.7. The van der Waals surface area contributed by atoms with Crippen molar-refractivity contribution >= 4 is 0 Å². The molecule has 2 rings (SSSR count). The van der Waals surface area contributed by atoms with Gasteiger partial charge in [-0.3, -0.25) is 0 Å². The Labute approximate surface area is 101 Å². The van der Waals surface area contributed by atoms with Gasteiger partial charge >= 0.3 is 0 Å². The number of furan rings is 1. The minimum atomic E-state index is -0.720. The summed E-state index contributed by atoms with van der Waals surface area (Å²) in [5, 5.41) is 10.4. The lowest BCUT2D eigenvalue weighted by Crippen LogP contribution is -2.10. The van der Waals surface area contributed by atoms with Crippen LogP contribution in [0.3, 0.4) is 0 Å². The third-order valence-electron chi connectivity index (χ3n) is 3.22. The molecule has 0 aliphatic heterocycles. The molecule has 0 saturated carbocycles. The fraction of sp³-hybridized carbons (Fsp3) is 0.462. The number of hydrogen-bond acceptors (Lipinski definition) is 3. The molecule has 1 N–H and O–H groups in total. The smallest absolute Gasteiger partial charge is 0.142 e. The van der Waals surface area contributed by atoms with Gasteiger partial charge in [0.1, 0.15) is 23.4 Å². The summed E-state index contributed by atoms with van der Waals surface area (Å²) in [6.45, 7) is 8.56. The Balaban J connectivity index is 2.47. The Morgan fingerprint density at radius 3 is 2.59 bits per heavy atom. The van der Waals surface area contributed by atoms with Crippen LogP contribution in [0.25, 0.3) is 0 Å². The van der Waals surface area contributed by atoms with Gasteiger partial charge in [-0.05, 0) is 33.3 Å². The van der Waals surface area contributed by atoms with Crippen LogP contribution in [-0.4, -0.2) is 14.7 Å². The lowest BCUT2D eigenvalue weighted by molar-refractivity contribution is 0.202. The third-order valence-corrected chi connectivity index (χ3v) is 3.22. The van der Waals surface area contributed by atoms with Crippen LogP contribution in [0, 0.1) is 20.8 Å². The zero-order valence-electron chi connectivity index (χ0n) is 10.7. The van der Waals surface area contributed by atoms with Gasteiger partial charge in [0.05, 0.1) is 0 Å². The molecule has 0 radical (unpaired) electrons. The summed E-state index contributed by atoms with van der Waals surface area (Å²) >= 11 is 0. The quantitative estimate of drug-likeness (QED) is 0.887. The lowest BCUT2D eigenvalue weighted by atomic mass is 10.0. The molecular formula is C13H18N2O2. The third kappa shape index (κ3) is 1.89. The average molecular weight is 234 g/mol. The van der Waals surface area contributed by atoms with Crippen molar-refractivity contribution in [2.24, 2.45) is 0 Å². The summed E-state index contributed by atoms with van der Waals surface area (Å²) in [6, 6.07) is 0. The number of rotatable bonds is 3. The van der Waals surface area contributed by atoms with Crippen molar-refractivity contribution in [3.63, 3.8) is 0 Å². The second kappa shape index (κ2) is 4.37. The minimum Gasteiger partial charge on any atom is -0.466 e. The van der Waals surface area contributed by atoms with E-state index in [1.807, 2.05) is 38.5 Å². The normalized spacial score (nSPS) is 13.0. The van der Waals surface area contributed by atoms with E-state index < -0.39 is 6.10 Å². The number of aromatic nitrogens is 2. The van der Waals surface area contributed by atoms with Crippen LogP contribution in [-0.2, 0) is 6.54 Å². The van der Waals surface area contributed by atoms with Crippen molar-refractivity contribution in [1.82, 2.24) is 9.55 Å². The first-order valence-corrected chi connectivity index (χ1v) is 5.81. The number of imidazole rings is 1. The number of aryl methyl sites for hydroxylation is 3. The first-order chi connectivity index (χ1) is 8.06. The Kier molecular flexibility index (Phi) is 3.07. The maximum Gasteiger partial charge on any atom is 0.142 e. The Bertz CT molecular complexity index is 526. The minimum absolute atomic E-state index is 0.666. The number of nitrogens with zero attached hydrogens (tertiary/aromatic N) is 2. The van der Waals surface area contributed by atoms with Crippen molar-refractivity contribution in [1.29, 1.82) is 0 Å². The fourth-order valence-electron chi connectivity index (χ4n) is 2.18. The van der Waals surface area contributed by atoms with Gasteiger partial charge in [0.2, 0.25) is 0 Å². The standard InChI is InChI=1S/C13H18N2O2/c1-5-15-7-6-14-13(15)12(16)11-8(2)9(3)17-10(11)4/h6-7,12,16H,5H2,1-4H3. The summed E-state index contributed by atoms with van der Waals surface area (Å²) in [5.41, 5.74) is 1.84. The highest BCUT2D eigenvalue weighted by molar-refractivity contribution is 5.36. The van der Waals surface area contributed by atoms with E-state index in [0.717, 1.165) is 29.2 Å². The van der Waals surface area contributed by atoms with E-state index in [0.29, 0.717) is 5.82 Å². The monoisotopic (exact) mass is 234 g/mol. The molecule has 0 aliphatic rings. The Morgan fingerprint density at radius 1 is 1.35 bits per heavy atom. The Morgan fingerprint density at radius 2 is 2.06 bits per heavy atom. The van der Waals surface area contributed by atoms with Crippen LogP contribution in [0.5, 0.6) is 0 Å². The SMILES string of the molecule is CCn1ccnc1C(O)c1c(C)oc(C)c1C. The largest absolute Gasteiger partial charge is 0.466 e. The van der Waals surface area contributed by atoms with Crippen molar-refractivity contribution < 1.29 is 9.52 Å². The summed E-state index contributed by atoms with van der Waals surface area (Å²) in [6.07, 6.45) is 2.86. The Hall–Kier alpha value is -1.55. The second-order valence-electron chi connectivity index (χ2n) is 4.23. The first-order valence-electron chi connectivity index (χ1n) is 5.81. The summed E-state index contributed by atoms with van der Waals surface area (Å²) < 4.78 is 7.48. The molecule has 0 fully saturated rings. The van der Waals surface area contributed by atoms with Crippen LogP contribution in [0.1, 0.15) is 41.5 Å². The molecule has 4 nitrogen and oxygen atoms in total. The van der Waals surface area contributed by atoms with E-state index in [9.17, 15) is 5.11 Å². The van der Waals surface area contributed by atoms with E-state index in [-0.39, 0.29) is 0 Å². The van der Waals surface area contributed by atoms with E-state index in [2.05, 4.69) is 4.98 Å². The molecule has 0 spiro atoms. The van der Waals surface area contributed by atoms with Gasteiger partial charge in [0.15, 0.2) is 0 Å². The van der Waals surface area contributed by atoms with Gasteiger partial charge < -0.3 is 14.1 Å². The van der Waals surface area contributed by atoms with Crippen LogP contribution in [0.2, 0.25) is 0 Å². The molecule has 4 heteroatoms. The van der Waals surface area contributed by atoms with Gasteiger partial charge in [-0.25, -0.2) is 4.98 Å². The highest BCUT2D eigenvalue weighted by Crippen LogP contribution is 2.30. The number of aliphatic hydroxyl groups excluding tert-OH is 1. The molecule has 0 aromatic carbocycles.